The van der Waals surface area contributed by atoms with Crippen LogP contribution in [0.15, 0.2) is 46.9 Å². The minimum Gasteiger partial charge on any atom is -0.363 e. The summed E-state index contributed by atoms with van der Waals surface area (Å²) in [4.78, 5) is 15.5. The van der Waals surface area contributed by atoms with Crippen LogP contribution in [0.3, 0.4) is 0 Å². The third-order valence-electron chi connectivity index (χ3n) is 4.34. The second kappa shape index (κ2) is 7.32. The lowest BCUT2D eigenvalue weighted by molar-refractivity contribution is -0.384. The summed E-state index contributed by atoms with van der Waals surface area (Å²) in [6.07, 6.45) is 0. The molecule has 0 atom stereocenters. The molecular formula is C18H20BrN3O2. The van der Waals surface area contributed by atoms with E-state index in [4.69, 9.17) is 0 Å². The van der Waals surface area contributed by atoms with Gasteiger partial charge in [0.25, 0.3) is 5.69 Å². The van der Waals surface area contributed by atoms with Gasteiger partial charge < -0.3 is 4.90 Å². The van der Waals surface area contributed by atoms with Crippen molar-refractivity contribution in [3.05, 3.63) is 68.2 Å². The van der Waals surface area contributed by atoms with Gasteiger partial charge in [-0.25, -0.2) is 0 Å². The van der Waals surface area contributed by atoms with E-state index in [0.29, 0.717) is 5.69 Å². The summed E-state index contributed by atoms with van der Waals surface area (Å²) in [7, 11) is 0. The molecule has 0 bridgehead atoms. The predicted octanol–water partition coefficient (Wildman–Crippen LogP) is 3.99. The topological polar surface area (TPSA) is 49.6 Å². The number of rotatable bonds is 4. The van der Waals surface area contributed by atoms with Crippen LogP contribution >= 0.6 is 15.9 Å². The molecule has 3 rings (SSSR count). The summed E-state index contributed by atoms with van der Waals surface area (Å²) in [5, 5.41) is 11.3. The van der Waals surface area contributed by atoms with Crippen molar-refractivity contribution < 1.29 is 4.92 Å². The van der Waals surface area contributed by atoms with Crippen LogP contribution in [0.1, 0.15) is 11.1 Å². The van der Waals surface area contributed by atoms with Crippen LogP contribution < -0.4 is 4.90 Å². The van der Waals surface area contributed by atoms with Gasteiger partial charge in [-0.3, -0.25) is 15.0 Å². The van der Waals surface area contributed by atoms with Crippen LogP contribution in [0.5, 0.6) is 0 Å². The maximum atomic E-state index is 11.3. The first-order chi connectivity index (χ1) is 11.5. The lowest BCUT2D eigenvalue weighted by Crippen LogP contribution is -2.46. The van der Waals surface area contributed by atoms with E-state index in [0.717, 1.165) is 37.2 Å². The maximum absolute atomic E-state index is 11.3. The zero-order chi connectivity index (χ0) is 17.1. The second-order valence-corrected chi connectivity index (χ2v) is 7.06. The van der Waals surface area contributed by atoms with Gasteiger partial charge in [-0.05, 0) is 24.6 Å². The van der Waals surface area contributed by atoms with Crippen molar-refractivity contribution in [3.8, 4) is 0 Å². The van der Waals surface area contributed by atoms with Gasteiger partial charge >= 0.3 is 0 Å². The van der Waals surface area contributed by atoms with Crippen molar-refractivity contribution in [2.24, 2.45) is 0 Å². The third kappa shape index (κ3) is 3.94. The van der Waals surface area contributed by atoms with Gasteiger partial charge in [-0.2, -0.15) is 0 Å². The quantitative estimate of drug-likeness (QED) is 0.585. The Bertz CT molecular complexity index is 743. The normalized spacial score (nSPS) is 15.5. The number of hydrogen-bond donors (Lipinski definition) is 0. The number of nitrogens with zero attached hydrogens (tertiary/aromatic N) is 3. The number of hydrogen-bond acceptors (Lipinski definition) is 4. The molecule has 0 saturated carbocycles. The molecule has 2 aromatic carbocycles. The zero-order valence-corrected chi connectivity index (χ0v) is 15.2. The first-order valence-corrected chi connectivity index (χ1v) is 8.79. The van der Waals surface area contributed by atoms with Crippen LogP contribution in [0.2, 0.25) is 0 Å². The smallest absolute Gasteiger partial charge is 0.293 e. The van der Waals surface area contributed by atoms with Crippen molar-refractivity contribution in [1.82, 2.24) is 4.90 Å². The molecule has 0 radical (unpaired) electrons. The van der Waals surface area contributed by atoms with Crippen molar-refractivity contribution in [1.29, 1.82) is 0 Å². The molecule has 1 aliphatic heterocycles. The van der Waals surface area contributed by atoms with E-state index < -0.39 is 0 Å². The van der Waals surface area contributed by atoms with Crippen molar-refractivity contribution >= 4 is 27.3 Å². The molecule has 0 aromatic heterocycles. The van der Waals surface area contributed by atoms with Gasteiger partial charge in [0.1, 0.15) is 5.69 Å². The molecule has 1 aliphatic rings. The number of benzene rings is 2. The molecule has 126 valence electrons. The third-order valence-corrected chi connectivity index (χ3v) is 4.83. The fraction of sp³-hybridized carbons (Fsp3) is 0.333. The van der Waals surface area contributed by atoms with Crippen molar-refractivity contribution in [3.63, 3.8) is 0 Å². The molecule has 2 aromatic rings. The summed E-state index contributed by atoms with van der Waals surface area (Å²) < 4.78 is 0.732. The first-order valence-electron chi connectivity index (χ1n) is 8.00. The highest BCUT2D eigenvalue weighted by Gasteiger charge is 2.23. The second-order valence-electron chi connectivity index (χ2n) is 6.14. The average molecular weight is 390 g/mol. The summed E-state index contributed by atoms with van der Waals surface area (Å²) in [6.45, 7) is 6.44. The molecule has 1 fully saturated rings. The summed E-state index contributed by atoms with van der Waals surface area (Å²) in [5.41, 5.74) is 3.46. The van der Waals surface area contributed by atoms with Crippen LogP contribution in [0.25, 0.3) is 0 Å². The molecule has 0 unspecified atom stereocenters. The van der Waals surface area contributed by atoms with Crippen molar-refractivity contribution in [2.45, 2.75) is 13.5 Å². The van der Waals surface area contributed by atoms with E-state index in [2.05, 4.69) is 56.9 Å². The molecule has 1 saturated heterocycles. The Labute approximate surface area is 150 Å². The van der Waals surface area contributed by atoms with Gasteiger partial charge in [0.15, 0.2) is 0 Å². The minimum atomic E-state index is -0.306. The standard InChI is InChI=1S/C18H20BrN3O2/c1-14-3-2-4-15(11-14)13-20-7-9-21(10-8-20)17-6-5-16(19)12-18(17)22(23)24/h2-6,11-12H,7-10,13H2,1H3. The largest absolute Gasteiger partial charge is 0.363 e. The first kappa shape index (κ1) is 16.9. The molecule has 0 amide bonds. The molecular weight excluding hydrogens is 370 g/mol. The number of nitro groups is 1. The molecule has 5 nitrogen and oxygen atoms in total. The Hall–Kier alpha value is -1.92. The molecule has 1 heterocycles. The van der Waals surface area contributed by atoms with Crippen LogP contribution in [-0.2, 0) is 6.54 Å². The van der Waals surface area contributed by atoms with Crippen LogP contribution in [-0.4, -0.2) is 36.0 Å². The van der Waals surface area contributed by atoms with E-state index in [1.165, 1.54) is 11.1 Å². The monoisotopic (exact) mass is 389 g/mol. The van der Waals surface area contributed by atoms with Crippen molar-refractivity contribution in [2.75, 3.05) is 31.1 Å². The van der Waals surface area contributed by atoms with E-state index in [-0.39, 0.29) is 10.6 Å². The molecule has 6 heteroatoms. The molecule has 0 N–H and O–H groups in total. The fourth-order valence-corrected chi connectivity index (χ4v) is 3.47. The Balaban J connectivity index is 1.66. The SMILES string of the molecule is Cc1cccc(CN2CCN(c3ccc(Br)cc3[N+](=O)[O-])CC2)c1. The van der Waals surface area contributed by atoms with E-state index >= 15 is 0 Å². The number of piperazine rings is 1. The highest BCUT2D eigenvalue weighted by atomic mass is 79.9. The van der Waals surface area contributed by atoms with Gasteiger partial charge in [0.05, 0.1) is 4.92 Å². The van der Waals surface area contributed by atoms with Gasteiger partial charge in [0, 0.05) is 43.3 Å². The Kier molecular flexibility index (Phi) is 5.16. The summed E-state index contributed by atoms with van der Waals surface area (Å²) >= 11 is 3.31. The van der Waals surface area contributed by atoms with Gasteiger partial charge in [-0.15, -0.1) is 0 Å². The highest BCUT2D eigenvalue weighted by Crippen LogP contribution is 2.31. The van der Waals surface area contributed by atoms with E-state index in [1.54, 1.807) is 6.07 Å². The lowest BCUT2D eigenvalue weighted by atomic mass is 10.1. The number of halogens is 1. The Morgan fingerprint density at radius 2 is 1.88 bits per heavy atom. The molecule has 0 aliphatic carbocycles. The number of aryl methyl sites for hydroxylation is 1. The van der Waals surface area contributed by atoms with Crippen LogP contribution in [0, 0.1) is 17.0 Å². The zero-order valence-electron chi connectivity index (χ0n) is 13.6. The summed E-state index contributed by atoms with van der Waals surface area (Å²) in [6, 6.07) is 13.8. The Morgan fingerprint density at radius 1 is 1.12 bits per heavy atom. The predicted molar refractivity (Wildman–Crippen MR) is 99.5 cm³/mol. The number of nitro benzene ring substituents is 1. The van der Waals surface area contributed by atoms with Gasteiger partial charge in [-0.1, -0.05) is 45.8 Å². The highest BCUT2D eigenvalue weighted by molar-refractivity contribution is 9.10. The van der Waals surface area contributed by atoms with E-state index in [9.17, 15) is 10.1 Å². The minimum absolute atomic E-state index is 0.163. The Morgan fingerprint density at radius 3 is 2.54 bits per heavy atom. The average Bonchev–Trinajstić information content (AvgIpc) is 2.56. The molecule has 24 heavy (non-hydrogen) atoms. The van der Waals surface area contributed by atoms with Gasteiger partial charge in [0.2, 0.25) is 0 Å². The van der Waals surface area contributed by atoms with Crippen LogP contribution in [0.4, 0.5) is 11.4 Å². The number of anilines is 1. The van der Waals surface area contributed by atoms with E-state index in [1.807, 2.05) is 12.1 Å². The lowest BCUT2D eigenvalue weighted by Gasteiger charge is -2.35. The maximum Gasteiger partial charge on any atom is 0.293 e. The summed E-state index contributed by atoms with van der Waals surface area (Å²) in [5.74, 6) is 0. The fourth-order valence-electron chi connectivity index (χ4n) is 3.13. The molecule has 0 spiro atoms.